The molecule has 43 heavy (non-hydrogen) atoms. The lowest BCUT2D eigenvalue weighted by Gasteiger charge is -2.37. The molecule has 0 bridgehead atoms. The Bertz CT molecular complexity index is 1560. The van der Waals surface area contributed by atoms with Crippen molar-refractivity contribution in [2.75, 3.05) is 39.2 Å². The molecule has 3 aromatic carbocycles. The number of nitrogens with one attached hydrogen (secondary N) is 2. The summed E-state index contributed by atoms with van der Waals surface area (Å²) in [6.07, 6.45) is -1.02. The van der Waals surface area contributed by atoms with Gasteiger partial charge >= 0.3 is 5.69 Å². The molecule has 0 aliphatic carbocycles. The van der Waals surface area contributed by atoms with Gasteiger partial charge in [0.1, 0.15) is 35.1 Å². The lowest BCUT2D eigenvalue weighted by atomic mass is 9.80. The van der Waals surface area contributed by atoms with Crippen LogP contribution in [0.3, 0.4) is 0 Å². The number of methoxy groups -OCH3 is 2. The van der Waals surface area contributed by atoms with E-state index < -0.39 is 35.3 Å². The first-order valence-electron chi connectivity index (χ1n) is 14.0. The number of rotatable bonds is 12. The van der Waals surface area contributed by atoms with Gasteiger partial charge in [-0.15, -0.1) is 0 Å². The molecule has 0 unspecified atom stereocenters. The van der Waals surface area contributed by atoms with E-state index in [1.807, 2.05) is 78.9 Å². The van der Waals surface area contributed by atoms with Crippen molar-refractivity contribution in [2.45, 2.75) is 30.5 Å². The molecule has 3 atom stereocenters. The lowest BCUT2D eigenvalue weighted by Crippen LogP contribution is -2.38. The predicted molar refractivity (Wildman–Crippen MR) is 162 cm³/mol. The zero-order valence-electron chi connectivity index (χ0n) is 24.1. The van der Waals surface area contributed by atoms with Crippen molar-refractivity contribution >= 4 is 5.69 Å². The molecule has 1 aliphatic rings. The Morgan fingerprint density at radius 1 is 0.953 bits per heavy atom. The van der Waals surface area contributed by atoms with Gasteiger partial charge in [0.05, 0.1) is 26.9 Å². The van der Waals surface area contributed by atoms with Crippen LogP contribution in [-0.4, -0.2) is 60.8 Å². The van der Waals surface area contributed by atoms with Gasteiger partial charge in [0.15, 0.2) is 0 Å². The summed E-state index contributed by atoms with van der Waals surface area (Å²) in [5.41, 5.74) is 5.97. The number of aromatic amines is 1. The maximum absolute atomic E-state index is 12.7. The fraction of sp³-hybridized carbons (Fsp3) is 0.312. The quantitative estimate of drug-likeness (QED) is 0.183. The molecule has 1 aromatic heterocycles. The van der Waals surface area contributed by atoms with Gasteiger partial charge in [-0.25, -0.2) is 4.79 Å². The number of hydrogen-bond donors (Lipinski definition) is 4. The van der Waals surface area contributed by atoms with E-state index in [0.29, 0.717) is 24.6 Å². The van der Waals surface area contributed by atoms with E-state index in [0.717, 1.165) is 16.7 Å². The van der Waals surface area contributed by atoms with Crippen molar-refractivity contribution in [3.63, 3.8) is 0 Å². The van der Waals surface area contributed by atoms with Crippen LogP contribution >= 0.6 is 0 Å². The molecule has 0 amide bonds. The number of nitrogens with zero attached hydrogens (tertiary/aromatic N) is 1. The maximum Gasteiger partial charge on any atom is 0.330 e. The first kappa shape index (κ1) is 30.1. The SMILES string of the molecule is COc1ccc(C(OC[C@H]2O[C@@H](n3cc(NCCN)c(=O)[nH]c3=O)C[C@@H]2O)(c2ccccc2)c2ccc(OC)cc2)cc1. The monoisotopic (exact) mass is 588 g/mol. The average Bonchev–Trinajstić information content (AvgIpc) is 3.41. The van der Waals surface area contributed by atoms with E-state index in [2.05, 4.69) is 10.3 Å². The molecule has 0 radical (unpaired) electrons. The summed E-state index contributed by atoms with van der Waals surface area (Å²) in [5.74, 6) is 1.40. The topological polar surface area (TPSA) is 150 Å². The molecule has 11 heteroatoms. The molecular formula is C32H36N4O7. The summed E-state index contributed by atoms with van der Waals surface area (Å²) in [6, 6.07) is 25.0. The molecule has 4 aromatic rings. The van der Waals surface area contributed by atoms with E-state index in [1.54, 1.807) is 14.2 Å². The Morgan fingerprint density at radius 3 is 2.09 bits per heavy atom. The van der Waals surface area contributed by atoms with Gasteiger partial charge in [0.2, 0.25) is 0 Å². The number of aliphatic hydroxyl groups excluding tert-OH is 1. The fourth-order valence-corrected chi connectivity index (χ4v) is 5.35. The van der Waals surface area contributed by atoms with Gasteiger partial charge in [-0.05, 0) is 41.0 Å². The Labute approximate surface area is 248 Å². The number of ether oxygens (including phenoxy) is 4. The van der Waals surface area contributed by atoms with Crippen LogP contribution < -0.4 is 31.8 Å². The minimum atomic E-state index is -1.10. The minimum absolute atomic E-state index is 0.0129. The molecule has 5 rings (SSSR count). The number of aliphatic hydroxyl groups is 1. The fourth-order valence-electron chi connectivity index (χ4n) is 5.35. The summed E-state index contributed by atoms with van der Waals surface area (Å²) in [6.45, 7) is 0.646. The molecule has 1 aliphatic heterocycles. The number of hydrogen-bond acceptors (Lipinski definition) is 9. The highest BCUT2D eigenvalue weighted by atomic mass is 16.6. The van der Waals surface area contributed by atoms with Crippen LogP contribution in [0.25, 0.3) is 0 Å². The summed E-state index contributed by atoms with van der Waals surface area (Å²) >= 11 is 0. The number of anilines is 1. The Hall–Kier alpha value is -4.42. The highest BCUT2D eigenvalue weighted by Crippen LogP contribution is 2.42. The van der Waals surface area contributed by atoms with Crippen molar-refractivity contribution in [1.82, 2.24) is 9.55 Å². The molecule has 226 valence electrons. The van der Waals surface area contributed by atoms with Crippen LogP contribution in [0.4, 0.5) is 5.69 Å². The van der Waals surface area contributed by atoms with Crippen LogP contribution in [0.1, 0.15) is 29.3 Å². The second kappa shape index (κ2) is 13.3. The molecule has 11 nitrogen and oxygen atoms in total. The van der Waals surface area contributed by atoms with Crippen LogP contribution in [-0.2, 0) is 15.1 Å². The molecule has 0 spiro atoms. The summed E-state index contributed by atoms with van der Waals surface area (Å²) in [4.78, 5) is 27.2. The van der Waals surface area contributed by atoms with Crippen molar-refractivity contribution in [2.24, 2.45) is 5.73 Å². The molecule has 1 saturated heterocycles. The zero-order valence-corrected chi connectivity index (χ0v) is 24.1. The van der Waals surface area contributed by atoms with Crippen molar-refractivity contribution < 1.29 is 24.1 Å². The van der Waals surface area contributed by atoms with Gasteiger partial charge in [-0.1, -0.05) is 54.6 Å². The first-order valence-corrected chi connectivity index (χ1v) is 14.0. The largest absolute Gasteiger partial charge is 0.497 e. The molecule has 5 N–H and O–H groups in total. The average molecular weight is 589 g/mol. The van der Waals surface area contributed by atoms with Gasteiger partial charge in [0, 0.05) is 25.7 Å². The van der Waals surface area contributed by atoms with E-state index in [1.165, 1.54) is 10.8 Å². The standard InChI is InChI=1S/C32H36N4O7/c1-40-24-12-8-22(9-13-24)32(21-6-4-3-5-7-21,23-10-14-25(41-2)15-11-23)42-20-28-27(37)18-29(43-28)36-19-26(34-17-16-33)30(38)35-31(36)39/h3-15,19,27-29,34,37H,16-18,20,33H2,1-2H3,(H,35,38,39)/t27-,28+,29+/m0/s1. The van der Waals surface area contributed by atoms with Crippen molar-refractivity contribution in [3.8, 4) is 11.5 Å². The van der Waals surface area contributed by atoms with Gasteiger partial charge in [0.25, 0.3) is 5.56 Å². The predicted octanol–water partition coefficient (Wildman–Crippen LogP) is 2.58. The zero-order chi connectivity index (χ0) is 30.4. The second-order valence-corrected chi connectivity index (χ2v) is 10.2. The first-order chi connectivity index (χ1) is 20.9. The van der Waals surface area contributed by atoms with Gasteiger partial charge in [-0.2, -0.15) is 0 Å². The second-order valence-electron chi connectivity index (χ2n) is 10.2. The van der Waals surface area contributed by atoms with E-state index in [4.69, 9.17) is 24.7 Å². The Kier molecular flexibility index (Phi) is 9.27. The number of aromatic nitrogens is 2. The lowest BCUT2D eigenvalue weighted by molar-refractivity contribution is -0.0944. The number of benzene rings is 3. The Morgan fingerprint density at radius 2 is 1.53 bits per heavy atom. The number of H-pyrrole nitrogens is 1. The van der Waals surface area contributed by atoms with Gasteiger partial charge < -0.3 is 35.1 Å². The summed E-state index contributed by atoms with van der Waals surface area (Å²) in [5, 5.41) is 14.0. The van der Waals surface area contributed by atoms with Crippen LogP contribution in [0.5, 0.6) is 11.5 Å². The summed E-state index contributed by atoms with van der Waals surface area (Å²) in [7, 11) is 3.22. The molecule has 2 heterocycles. The smallest absolute Gasteiger partial charge is 0.330 e. The number of nitrogens with two attached hydrogens (primary N) is 1. The van der Waals surface area contributed by atoms with E-state index in [9.17, 15) is 14.7 Å². The summed E-state index contributed by atoms with van der Waals surface area (Å²) < 4.78 is 25.1. The highest BCUT2D eigenvalue weighted by Gasteiger charge is 2.42. The third kappa shape index (κ3) is 6.20. The maximum atomic E-state index is 12.7. The van der Waals surface area contributed by atoms with Crippen LogP contribution in [0.2, 0.25) is 0 Å². The van der Waals surface area contributed by atoms with Crippen molar-refractivity contribution in [1.29, 1.82) is 0 Å². The van der Waals surface area contributed by atoms with Gasteiger partial charge in [-0.3, -0.25) is 14.3 Å². The highest BCUT2D eigenvalue weighted by molar-refractivity contribution is 5.49. The minimum Gasteiger partial charge on any atom is -0.497 e. The van der Waals surface area contributed by atoms with Crippen molar-refractivity contribution in [3.05, 3.63) is 123 Å². The molecule has 0 saturated carbocycles. The molecule has 1 fully saturated rings. The van der Waals surface area contributed by atoms with Crippen LogP contribution in [0.15, 0.2) is 94.6 Å². The normalized spacial score (nSPS) is 18.4. The third-order valence-corrected chi connectivity index (χ3v) is 7.58. The third-order valence-electron chi connectivity index (χ3n) is 7.58. The molecular weight excluding hydrogens is 552 g/mol. The van der Waals surface area contributed by atoms with E-state index >= 15 is 0 Å². The van der Waals surface area contributed by atoms with Crippen LogP contribution in [0, 0.1) is 0 Å². The van der Waals surface area contributed by atoms with E-state index in [-0.39, 0.29) is 18.7 Å². The Balaban J connectivity index is 1.50.